The summed E-state index contributed by atoms with van der Waals surface area (Å²) in [5, 5.41) is 0. The molecule has 0 radical (unpaired) electrons. The van der Waals surface area contributed by atoms with Gasteiger partial charge in [0.15, 0.2) is 6.10 Å². The molecular weight excluding hydrogens is 901 g/mol. The smallest absolute Gasteiger partial charge is 0.306 e. The van der Waals surface area contributed by atoms with Crippen molar-refractivity contribution in [1.82, 2.24) is 0 Å². The Kier molecular flexibility index (Phi) is 56.0. The molecule has 1 unspecified atom stereocenters. The van der Waals surface area contributed by atoms with Crippen molar-refractivity contribution < 1.29 is 28.6 Å². The Morgan fingerprint density at radius 2 is 0.507 bits per heavy atom. The first-order valence-electron chi connectivity index (χ1n) is 29.3. The Labute approximate surface area is 448 Å². The Hall–Kier alpha value is -4.71. The molecule has 0 bridgehead atoms. The lowest BCUT2D eigenvalue weighted by Crippen LogP contribution is -2.30. The molecule has 6 nitrogen and oxygen atoms in total. The first kappa shape index (κ1) is 68.3. The molecule has 0 N–H and O–H groups in total. The number of rotatable bonds is 51. The van der Waals surface area contributed by atoms with Gasteiger partial charge in [0.2, 0.25) is 0 Å². The van der Waals surface area contributed by atoms with Gasteiger partial charge >= 0.3 is 17.9 Å². The number of esters is 3. The summed E-state index contributed by atoms with van der Waals surface area (Å²) >= 11 is 0. The summed E-state index contributed by atoms with van der Waals surface area (Å²) in [5.41, 5.74) is 0. The third-order valence-corrected chi connectivity index (χ3v) is 11.8. The molecule has 0 aliphatic carbocycles. The van der Waals surface area contributed by atoms with Crippen molar-refractivity contribution in [2.24, 2.45) is 0 Å². The van der Waals surface area contributed by atoms with Crippen molar-refractivity contribution in [3.63, 3.8) is 0 Å². The number of allylic oxidation sites excluding steroid dienone is 24. The minimum absolute atomic E-state index is 0.114. The Balaban J connectivity index is 4.48. The maximum Gasteiger partial charge on any atom is 0.306 e. The van der Waals surface area contributed by atoms with Crippen LogP contribution in [0.25, 0.3) is 0 Å². The maximum atomic E-state index is 12.8. The fraction of sp³-hybridized carbons (Fsp3) is 0.597. The van der Waals surface area contributed by atoms with Gasteiger partial charge < -0.3 is 14.2 Å². The lowest BCUT2D eigenvalue weighted by molar-refractivity contribution is -0.167. The molecule has 0 aromatic rings. The van der Waals surface area contributed by atoms with E-state index in [1.165, 1.54) is 51.4 Å². The summed E-state index contributed by atoms with van der Waals surface area (Å²) in [7, 11) is 0. The van der Waals surface area contributed by atoms with Gasteiger partial charge in [-0.15, -0.1) is 0 Å². The van der Waals surface area contributed by atoms with E-state index in [1.54, 1.807) is 0 Å². The first-order chi connectivity index (χ1) is 36.0. The van der Waals surface area contributed by atoms with Gasteiger partial charge in [-0.1, -0.05) is 237 Å². The summed E-state index contributed by atoms with van der Waals surface area (Å²) in [5.74, 6) is -0.999. The van der Waals surface area contributed by atoms with Crippen LogP contribution in [0.15, 0.2) is 146 Å². The summed E-state index contributed by atoms with van der Waals surface area (Å²) in [6.07, 6.45) is 85.6. The lowest BCUT2D eigenvalue weighted by Gasteiger charge is -2.18. The van der Waals surface area contributed by atoms with Crippen LogP contribution in [0.2, 0.25) is 0 Å². The highest BCUT2D eigenvalue weighted by atomic mass is 16.6. The van der Waals surface area contributed by atoms with Gasteiger partial charge in [-0.05, 0) is 128 Å². The summed E-state index contributed by atoms with van der Waals surface area (Å²) in [6.45, 7) is 6.23. The number of carbonyl (C=O) groups excluding carboxylic acids is 3. The van der Waals surface area contributed by atoms with Crippen LogP contribution in [0.5, 0.6) is 0 Å². The highest BCUT2D eigenvalue weighted by Crippen LogP contribution is 2.14. The Morgan fingerprint density at radius 1 is 0.274 bits per heavy atom. The van der Waals surface area contributed by atoms with Crippen LogP contribution in [-0.4, -0.2) is 37.2 Å². The summed E-state index contributed by atoms with van der Waals surface area (Å²) in [6, 6.07) is 0. The van der Waals surface area contributed by atoms with E-state index in [1.807, 2.05) is 0 Å². The topological polar surface area (TPSA) is 78.9 Å². The highest BCUT2D eigenvalue weighted by molar-refractivity contribution is 5.71. The van der Waals surface area contributed by atoms with Crippen LogP contribution in [0.4, 0.5) is 0 Å². The molecule has 1 atom stereocenters. The number of carbonyl (C=O) groups is 3. The molecule has 0 spiro atoms. The molecule has 0 aliphatic heterocycles. The molecule has 0 rings (SSSR count). The van der Waals surface area contributed by atoms with Crippen molar-refractivity contribution in [2.75, 3.05) is 13.2 Å². The lowest BCUT2D eigenvalue weighted by atomic mass is 10.1. The quantitative estimate of drug-likeness (QED) is 0.0261. The zero-order chi connectivity index (χ0) is 52.9. The van der Waals surface area contributed by atoms with E-state index < -0.39 is 6.10 Å². The molecule has 0 aliphatic rings. The molecule has 0 aromatic heterocycles. The SMILES string of the molecule is CC/C=C\C/C=C\C/C=C\C/C=C\C/C=C\CCCC(=O)OC(COC(=O)CCCCCCC/C=C\C/C=C\C/C=C\CC)COC(=O)CCCCCCCCCCCC/C=C\C/C=C\C/C=C\C/C=C\CC. The third-order valence-electron chi connectivity index (χ3n) is 11.8. The van der Waals surface area contributed by atoms with Crippen molar-refractivity contribution in [3.8, 4) is 0 Å². The zero-order valence-corrected chi connectivity index (χ0v) is 46.8. The molecule has 0 amide bonds. The van der Waals surface area contributed by atoms with Crippen LogP contribution < -0.4 is 0 Å². The van der Waals surface area contributed by atoms with Crippen LogP contribution in [0.1, 0.15) is 239 Å². The van der Waals surface area contributed by atoms with E-state index in [9.17, 15) is 14.4 Å². The van der Waals surface area contributed by atoms with Crippen LogP contribution in [0, 0.1) is 0 Å². The fourth-order valence-electron chi connectivity index (χ4n) is 7.54. The summed E-state index contributed by atoms with van der Waals surface area (Å²) < 4.78 is 16.8. The average molecular weight is 1010 g/mol. The molecule has 0 aromatic carbocycles. The van der Waals surface area contributed by atoms with E-state index in [-0.39, 0.29) is 37.5 Å². The molecule has 0 saturated heterocycles. The largest absolute Gasteiger partial charge is 0.462 e. The van der Waals surface area contributed by atoms with Crippen molar-refractivity contribution in [3.05, 3.63) is 146 Å². The number of unbranched alkanes of at least 4 members (excludes halogenated alkanes) is 16. The Morgan fingerprint density at radius 3 is 0.808 bits per heavy atom. The van der Waals surface area contributed by atoms with Crippen molar-refractivity contribution in [2.45, 2.75) is 245 Å². The zero-order valence-electron chi connectivity index (χ0n) is 46.8. The van der Waals surface area contributed by atoms with E-state index >= 15 is 0 Å². The maximum absolute atomic E-state index is 12.8. The molecule has 0 saturated carbocycles. The van der Waals surface area contributed by atoms with Gasteiger partial charge in [0.05, 0.1) is 0 Å². The highest BCUT2D eigenvalue weighted by Gasteiger charge is 2.19. The predicted molar refractivity (Wildman–Crippen MR) is 315 cm³/mol. The van der Waals surface area contributed by atoms with E-state index in [0.29, 0.717) is 19.3 Å². The molecule has 73 heavy (non-hydrogen) atoms. The van der Waals surface area contributed by atoms with E-state index in [0.717, 1.165) is 141 Å². The van der Waals surface area contributed by atoms with Gasteiger partial charge in [0, 0.05) is 19.3 Å². The second kappa shape index (κ2) is 59.8. The van der Waals surface area contributed by atoms with Crippen LogP contribution in [-0.2, 0) is 28.6 Å². The minimum Gasteiger partial charge on any atom is -0.462 e. The number of hydrogen-bond donors (Lipinski definition) is 0. The average Bonchev–Trinajstić information content (AvgIpc) is 3.39. The van der Waals surface area contributed by atoms with Gasteiger partial charge in [-0.2, -0.15) is 0 Å². The molecule has 0 fully saturated rings. The number of hydrogen-bond acceptors (Lipinski definition) is 6. The standard InChI is InChI=1S/C67H106O6/c1-4-7-10-13-16-19-22-25-28-30-31-32-33-34-35-37-39-42-45-48-51-54-57-60-66(69)72-63-64(62-71-65(68)59-56-53-50-47-44-41-38-27-24-21-18-15-12-9-6-3)73-67(70)61-58-55-52-49-46-43-40-36-29-26-23-20-17-14-11-8-5-2/h7-12,16-21,25-29,31-32,38,40,43,49,52,64H,4-6,13-15,22-24,30,33-37,39,41-42,44-48,50-51,53-63H2,1-3H3/b10-7-,11-8-,12-9-,19-16-,20-17-,21-18-,28-25-,29-26-,32-31-,38-27-,43-40-,52-49-. The molecule has 0 heterocycles. The van der Waals surface area contributed by atoms with Gasteiger partial charge in [-0.3, -0.25) is 14.4 Å². The Bertz CT molecular complexity index is 1630. The van der Waals surface area contributed by atoms with Crippen LogP contribution >= 0.6 is 0 Å². The third kappa shape index (κ3) is 58.1. The first-order valence-corrected chi connectivity index (χ1v) is 29.3. The normalized spacial score (nSPS) is 13.2. The number of ether oxygens (including phenoxy) is 3. The van der Waals surface area contributed by atoms with E-state index in [4.69, 9.17) is 14.2 Å². The second-order valence-corrected chi connectivity index (χ2v) is 18.8. The van der Waals surface area contributed by atoms with Gasteiger partial charge in [-0.25, -0.2) is 0 Å². The van der Waals surface area contributed by atoms with Gasteiger partial charge in [0.1, 0.15) is 13.2 Å². The van der Waals surface area contributed by atoms with Crippen LogP contribution in [0.3, 0.4) is 0 Å². The van der Waals surface area contributed by atoms with Crippen molar-refractivity contribution in [1.29, 1.82) is 0 Å². The minimum atomic E-state index is -0.824. The predicted octanol–water partition coefficient (Wildman–Crippen LogP) is 20.0. The van der Waals surface area contributed by atoms with E-state index in [2.05, 4.69) is 167 Å². The van der Waals surface area contributed by atoms with Crippen molar-refractivity contribution >= 4 is 17.9 Å². The molecular formula is C67H106O6. The monoisotopic (exact) mass is 1010 g/mol. The molecule has 410 valence electrons. The fourth-order valence-corrected chi connectivity index (χ4v) is 7.54. The summed E-state index contributed by atoms with van der Waals surface area (Å²) in [4.78, 5) is 38.2. The second-order valence-electron chi connectivity index (χ2n) is 18.8. The molecule has 6 heteroatoms. The van der Waals surface area contributed by atoms with Gasteiger partial charge in [0.25, 0.3) is 0 Å².